The van der Waals surface area contributed by atoms with E-state index in [1.165, 1.54) is 6.42 Å². The molecule has 1 fully saturated rings. The normalized spacial score (nSPS) is 16.3. The summed E-state index contributed by atoms with van der Waals surface area (Å²) in [5.74, 6) is 0.986. The van der Waals surface area contributed by atoms with Gasteiger partial charge in [-0.25, -0.2) is 0 Å². The van der Waals surface area contributed by atoms with Crippen molar-refractivity contribution in [3.63, 3.8) is 0 Å². The molecule has 0 radical (unpaired) electrons. The molecule has 3 nitrogen and oxygen atoms in total. The van der Waals surface area contributed by atoms with Gasteiger partial charge >= 0.3 is 0 Å². The van der Waals surface area contributed by atoms with Gasteiger partial charge in [0.1, 0.15) is 4.60 Å². The molecule has 2 heterocycles. The van der Waals surface area contributed by atoms with Crippen molar-refractivity contribution in [2.75, 3.05) is 18.0 Å². The number of anilines is 1. The zero-order chi connectivity index (χ0) is 7.68. The maximum atomic E-state index is 4.03. The second kappa shape index (κ2) is 2.77. The van der Waals surface area contributed by atoms with Crippen LogP contribution < -0.4 is 4.90 Å². The molecule has 1 aliphatic rings. The molecule has 1 saturated heterocycles. The maximum absolute atomic E-state index is 4.03. The number of rotatable bonds is 1. The van der Waals surface area contributed by atoms with Gasteiger partial charge in [-0.05, 0) is 34.5 Å². The lowest BCUT2D eigenvalue weighted by molar-refractivity contribution is 0.605. The first-order valence-electron chi connectivity index (χ1n) is 3.60. The Morgan fingerprint density at radius 3 is 2.55 bits per heavy atom. The Hall–Kier alpha value is -0.640. The van der Waals surface area contributed by atoms with Crippen LogP contribution in [0.15, 0.2) is 16.7 Å². The predicted octanol–water partition coefficient (Wildman–Crippen LogP) is 1.45. The second-order valence-corrected chi connectivity index (χ2v) is 3.37. The van der Waals surface area contributed by atoms with Crippen LogP contribution in [-0.4, -0.2) is 23.3 Å². The van der Waals surface area contributed by atoms with E-state index in [9.17, 15) is 0 Å². The van der Waals surface area contributed by atoms with Crippen molar-refractivity contribution < 1.29 is 0 Å². The molecule has 0 atom stereocenters. The van der Waals surface area contributed by atoms with Crippen molar-refractivity contribution in [1.82, 2.24) is 10.2 Å². The lowest BCUT2D eigenvalue weighted by Gasteiger charge is -2.31. The van der Waals surface area contributed by atoms with Crippen LogP contribution in [0.2, 0.25) is 0 Å². The van der Waals surface area contributed by atoms with E-state index in [0.717, 1.165) is 23.5 Å². The highest BCUT2D eigenvalue weighted by atomic mass is 79.9. The molecule has 0 saturated carbocycles. The van der Waals surface area contributed by atoms with E-state index >= 15 is 0 Å². The van der Waals surface area contributed by atoms with Crippen molar-refractivity contribution in [1.29, 1.82) is 0 Å². The summed E-state index contributed by atoms with van der Waals surface area (Å²) in [7, 11) is 0. The van der Waals surface area contributed by atoms with Gasteiger partial charge in [-0.15, -0.1) is 10.2 Å². The van der Waals surface area contributed by atoms with E-state index in [2.05, 4.69) is 31.0 Å². The van der Waals surface area contributed by atoms with Crippen molar-refractivity contribution in [3.05, 3.63) is 16.7 Å². The average molecular weight is 214 g/mol. The topological polar surface area (TPSA) is 29.0 Å². The van der Waals surface area contributed by atoms with E-state index in [1.54, 1.807) is 0 Å². The summed E-state index contributed by atoms with van der Waals surface area (Å²) in [6, 6.07) is 3.90. The first kappa shape index (κ1) is 7.03. The van der Waals surface area contributed by atoms with Gasteiger partial charge in [0.05, 0.1) is 0 Å². The summed E-state index contributed by atoms with van der Waals surface area (Å²) in [5.41, 5.74) is 0. The molecule has 1 aromatic rings. The summed E-state index contributed by atoms with van der Waals surface area (Å²) in [5, 5.41) is 7.94. The largest absolute Gasteiger partial charge is 0.355 e. The summed E-state index contributed by atoms with van der Waals surface area (Å²) in [6.07, 6.45) is 1.28. The molecule has 1 aromatic heterocycles. The van der Waals surface area contributed by atoms with Gasteiger partial charge in [-0.3, -0.25) is 0 Å². The molecule has 0 spiro atoms. The highest BCUT2D eigenvalue weighted by Crippen LogP contribution is 2.17. The van der Waals surface area contributed by atoms with Crippen molar-refractivity contribution in [2.24, 2.45) is 0 Å². The van der Waals surface area contributed by atoms with Gasteiger partial charge in [0.25, 0.3) is 0 Å². The van der Waals surface area contributed by atoms with Gasteiger partial charge < -0.3 is 4.90 Å². The van der Waals surface area contributed by atoms with Crippen LogP contribution in [0.5, 0.6) is 0 Å². The maximum Gasteiger partial charge on any atom is 0.151 e. The third kappa shape index (κ3) is 1.35. The van der Waals surface area contributed by atoms with Crippen molar-refractivity contribution in [3.8, 4) is 0 Å². The minimum Gasteiger partial charge on any atom is -0.355 e. The SMILES string of the molecule is Brc1ccc(N2CCC2)nn1. The average Bonchev–Trinajstić information content (AvgIpc) is 1.90. The smallest absolute Gasteiger partial charge is 0.151 e. The number of aromatic nitrogens is 2. The van der Waals surface area contributed by atoms with Gasteiger partial charge in [0.2, 0.25) is 0 Å². The molecule has 11 heavy (non-hydrogen) atoms. The standard InChI is InChI=1S/C7H8BrN3/c8-6-2-3-7(10-9-6)11-4-1-5-11/h2-3H,1,4-5H2. The third-order valence-electron chi connectivity index (χ3n) is 1.80. The molecule has 0 amide bonds. The zero-order valence-corrected chi connectivity index (χ0v) is 7.58. The number of hydrogen-bond acceptors (Lipinski definition) is 3. The third-order valence-corrected chi connectivity index (χ3v) is 2.22. The highest BCUT2D eigenvalue weighted by molar-refractivity contribution is 9.10. The summed E-state index contributed by atoms with van der Waals surface area (Å²) >= 11 is 3.24. The van der Waals surface area contributed by atoms with Gasteiger partial charge in [0.15, 0.2) is 5.82 Å². The van der Waals surface area contributed by atoms with Crippen LogP contribution in [0.4, 0.5) is 5.82 Å². The molecule has 2 rings (SSSR count). The van der Waals surface area contributed by atoms with Gasteiger partial charge in [0, 0.05) is 13.1 Å². The van der Waals surface area contributed by atoms with E-state index < -0.39 is 0 Å². The van der Waals surface area contributed by atoms with E-state index in [4.69, 9.17) is 0 Å². The second-order valence-electron chi connectivity index (χ2n) is 2.55. The van der Waals surface area contributed by atoms with Crippen LogP contribution in [-0.2, 0) is 0 Å². The van der Waals surface area contributed by atoms with E-state index in [-0.39, 0.29) is 0 Å². The molecule has 0 unspecified atom stereocenters. The summed E-state index contributed by atoms with van der Waals surface area (Å²) in [4.78, 5) is 2.21. The van der Waals surface area contributed by atoms with Crippen molar-refractivity contribution in [2.45, 2.75) is 6.42 Å². The molecular formula is C7H8BrN3. The molecule has 0 aliphatic carbocycles. The van der Waals surface area contributed by atoms with Crippen LogP contribution in [0.3, 0.4) is 0 Å². The Kier molecular flexibility index (Phi) is 1.77. The monoisotopic (exact) mass is 213 g/mol. The fourth-order valence-corrected chi connectivity index (χ4v) is 1.23. The lowest BCUT2D eigenvalue weighted by Crippen LogP contribution is -2.37. The Morgan fingerprint density at radius 1 is 1.27 bits per heavy atom. The molecule has 0 aromatic carbocycles. The molecule has 0 bridgehead atoms. The minimum atomic E-state index is 0.793. The van der Waals surface area contributed by atoms with E-state index in [0.29, 0.717) is 0 Å². The summed E-state index contributed by atoms with van der Waals surface area (Å²) < 4.78 is 0.793. The van der Waals surface area contributed by atoms with Gasteiger partial charge in [-0.1, -0.05) is 0 Å². The number of nitrogens with zero attached hydrogens (tertiary/aromatic N) is 3. The van der Waals surface area contributed by atoms with E-state index in [1.807, 2.05) is 12.1 Å². The molecular weight excluding hydrogens is 206 g/mol. The highest BCUT2D eigenvalue weighted by Gasteiger charge is 2.15. The van der Waals surface area contributed by atoms with Crippen molar-refractivity contribution >= 4 is 21.7 Å². The quantitative estimate of drug-likeness (QED) is 0.708. The Labute approximate surface area is 73.6 Å². The van der Waals surface area contributed by atoms with Crippen LogP contribution in [0.1, 0.15) is 6.42 Å². The fourth-order valence-electron chi connectivity index (χ4n) is 1.02. The Balaban J connectivity index is 2.18. The molecule has 4 heteroatoms. The summed E-state index contributed by atoms with van der Waals surface area (Å²) in [6.45, 7) is 2.24. The molecule has 0 N–H and O–H groups in total. The number of hydrogen-bond donors (Lipinski definition) is 0. The number of halogens is 1. The van der Waals surface area contributed by atoms with Crippen LogP contribution >= 0.6 is 15.9 Å². The first-order chi connectivity index (χ1) is 5.36. The molecule has 1 aliphatic heterocycles. The Bertz CT molecular complexity index is 242. The molecule has 58 valence electrons. The Morgan fingerprint density at radius 2 is 2.09 bits per heavy atom. The zero-order valence-electron chi connectivity index (χ0n) is 6.00. The first-order valence-corrected chi connectivity index (χ1v) is 4.40. The van der Waals surface area contributed by atoms with Crippen LogP contribution in [0, 0.1) is 0 Å². The predicted molar refractivity (Wildman–Crippen MR) is 46.6 cm³/mol. The fraction of sp³-hybridized carbons (Fsp3) is 0.429. The van der Waals surface area contributed by atoms with Gasteiger partial charge in [-0.2, -0.15) is 0 Å². The minimum absolute atomic E-state index is 0.793. The lowest BCUT2D eigenvalue weighted by atomic mass is 10.2. The van der Waals surface area contributed by atoms with Crippen LogP contribution in [0.25, 0.3) is 0 Å².